The third-order valence-electron chi connectivity index (χ3n) is 4.02. The van der Waals surface area contributed by atoms with E-state index < -0.39 is 10.1 Å². The second kappa shape index (κ2) is 10.7. The first-order valence-electron chi connectivity index (χ1n) is 9.07. The molecule has 0 unspecified atom stereocenters. The molecule has 0 aliphatic rings. The van der Waals surface area contributed by atoms with Crippen LogP contribution in [-0.2, 0) is 21.4 Å². The number of amides is 2. The number of nitrogens with one attached hydrogen (secondary N) is 1. The fraction of sp³-hybridized carbons (Fsp3) is 0.350. The molecule has 2 amide bonds. The first-order valence-corrected chi connectivity index (χ1v) is 10.6. The lowest BCUT2D eigenvalue weighted by Gasteiger charge is -2.23. The molecule has 0 aliphatic carbocycles. The van der Waals surface area contributed by atoms with Gasteiger partial charge in [-0.25, -0.2) is 4.79 Å². The molecule has 29 heavy (non-hydrogen) atoms. The Bertz CT molecular complexity index is 917. The first kappa shape index (κ1) is 22.5. The maximum Gasteiger partial charge on any atom is 0.322 e. The van der Waals surface area contributed by atoms with Crippen LogP contribution in [0, 0.1) is 0 Å². The van der Waals surface area contributed by atoms with E-state index in [-0.39, 0.29) is 24.1 Å². The Balaban J connectivity index is 2.14. The monoisotopic (exact) mass is 422 g/mol. The number of urea groups is 1. The van der Waals surface area contributed by atoms with Crippen molar-refractivity contribution in [3.8, 4) is 11.5 Å². The van der Waals surface area contributed by atoms with Gasteiger partial charge in [0.25, 0.3) is 0 Å². The van der Waals surface area contributed by atoms with Crippen molar-refractivity contribution in [2.45, 2.75) is 13.5 Å². The molecule has 0 radical (unpaired) electrons. The second-order valence-electron chi connectivity index (χ2n) is 6.15. The minimum Gasteiger partial charge on any atom is -0.497 e. The second-order valence-corrected chi connectivity index (χ2v) is 8.01. The Labute approximate surface area is 171 Å². The fourth-order valence-electron chi connectivity index (χ4n) is 2.48. The molecule has 1 N–H and O–H groups in total. The van der Waals surface area contributed by atoms with Crippen LogP contribution < -0.4 is 14.2 Å². The summed E-state index contributed by atoms with van der Waals surface area (Å²) in [5, 5.41) is 2.83. The van der Waals surface area contributed by atoms with Gasteiger partial charge in [-0.2, -0.15) is 8.42 Å². The molecule has 0 atom stereocenters. The van der Waals surface area contributed by atoms with Gasteiger partial charge in [0.05, 0.1) is 19.5 Å². The maximum atomic E-state index is 12.8. The van der Waals surface area contributed by atoms with Crippen molar-refractivity contribution in [2.75, 3.05) is 38.4 Å². The van der Waals surface area contributed by atoms with Gasteiger partial charge in [-0.15, -0.1) is 0 Å². The van der Waals surface area contributed by atoms with Crippen LogP contribution in [0.5, 0.6) is 11.5 Å². The summed E-state index contributed by atoms with van der Waals surface area (Å²) < 4.78 is 38.7. The summed E-state index contributed by atoms with van der Waals surface area (Å²) in [6.07, 6.45) is 0. The van der Waals surface area contributed by atoms with Gasteiger partial charge in [0, 0.05) is 32.0 Å². The maximum absolute atomic E-state index is 12.8. The number of anilines is 1. The highest BCUT2D eigenvalue weighted by Gasteiger charge is 2.16. The Morgan fingerprint density at radius 2 is 1.79 bits per heavy atom. The molecule has 0 spiro atoms. The Morgan fingerprint density at radius 3 is 2.48 bits per heavy atom. The summed E-state index contributed by atoms with van der Waals surface area (Å²) >= 11 is 0. The van der Waals surface area contributed by atoms with E-state index in [0.717, 1.165) is 5.56 Å². The fourth-order valence-corrected chi connectivity index (χ4v) is 2.99. The van der Waals surface area contributed by atoms with Crippen molar-refractivity contribution < 1.29 is 26.9 Å². The molecule has 0 aromatic heterocycles. The molecule has 2 aromatic carbocycles. The third kappa shape index (κ3) is 7.28. The Hall–Kier alpha value is -2.78. The standard InChI is InChI=1S/C20H26N2O6S/c1-4-29(24,25)28-19-10-5-7-16(13-19)15-22(11-12-26-2)20(23)21-17-8-6-9-18(14-17)27-3/h5-10,13-14H,4,11-12,15H2,1-3H3,(H,21,23). The molecule has 0 fully saturated rings. The van der Waals surface area contributed by atoms with E-state index in [1.54, 1.807) is 67.7 Å². The van der Waals surface area contributed by atoms with Crippen LogP contribution in [-0.4, -0.2) is 52.5 Å². The zero-order chi connectivity index (χ0) is 21.3. The number of hydrogen-bond donors (Lipinski definition) is 1. The molecule has 9 heteroatoms. The molecule has 0 aliphatic heterocycles. The predicted molar refractivity (Wildman–Crippen MR) is 111 cm³/mol. The average molecular weight is 423 g/mol. The highest BCUT2D eigenvalue weighted by atomic mass is 32.2. The van der Waals surface area contributed by atoms with Gasteiger partial charge in [-0.1, -0.05) is 18.2 Å². The van der Waals surface area contributed by atoms with Gasteiger partial charge in [0.2, 0.25) is 0 Å². The van der Waals surface area contributed by atoms with Crippen molar-refractivity contribution in [1.82, 2.24) is 4.90 Å². The van der Waals surface area contributed by atoms with Crippen molar-refractivity contribution in [3.05, 3.63) is 54.1 Å². The lowest BCUT2D eigenvalue weighted by Crippen LogP contribution is -2.36. The van der Waals surface area contributed by atoms with E-state index in [1.807, 2.05) is 0 Å². The first-order chi connectivity index (χ1) is 13.9. The quantitative estimate of drug-likeness (QED) is 0.591. The van der Waals surface area contributed by atoms with Crippen molar-refractivity contribution >= 4 is 21.8 Å². The molecule has 0 heterocycles. The molecule has 8 nitrogen and oxygen atoms in total. The number of ether oxygens (including phenoxy) is 2. The number of methoxy groups -OCH3 is 2. The number of carbonyl (C=O) groups is 1. The van der Waals surface area contributed by atoms with Gasteiger partial charge < -0.3 is 23.9 Å². The van der Waals surface area contributed by atoms with Crippen LogP contribution in [0.15, 0.2) is 48.5 Å². The highest BCUT2D eigenvalue weighted by molar-refractivity contribution is 7.87. The van der Waals surface area contributed by atoms with Crippen LogP contribution in [0.2, 0.25) is 0 Å². The predicted octanol–water partition coefficient (Wildman–Crippen LogP) is 3.10. The number of rotatable bonds is 10. The van der Waals surface area contributed by atoms with Crippen LogP contribution in [0.1, 0.15) is 12.5 Å². The van der Waals surface area contributed by atoms with Gasteiger partial charge in [0.15, 0.2) is 0 Å². The normalized spacial score (nSPS) is 11.0. The zero-order valence-electron chi connectivity index (χ0n) is 16.8. The Morgan fingerprint density at radius 1 is 1.07 bits per heavy atom. The van der Waals surface area contributed by atoms with E-state index in [0.29, 0.717) is 24.6 Å². The molecule has 0 saturated heterocycles. The Kier molecular flexibility index (Phi) is 8.29. The van der Waals surface area contributed by atoms with Gasteiger partial charge in [0.1, 0.15) is 11.5 Å². The minimum absolute atomic E-state index is 0.125. The number of carbonyl (C=O) groups excluding carboxylic acids is 1. The van der Waals surface area contributed by atoms with Crippen LogP contribution in [0.25, 0.3) is 0 Å². The molecule has 0 saturated carbocycles. The number of hydrogen-bond acceptors (Lipinski definition) is 6. The van der Waals surface area contributed by atoms with E-state index >= 15 is 0 Å². The summed E-state index contributed by atoms with van der Waals surface area (Å²) in [5.74, 6) is 0.720. The van der Waals surface area contributed by atoms with Crippen molar-refractivity contribution in [2.24, 2.45) is 0 Å². The van der Waals surface area contributed by atoms with E-state index in [1.165, 1.54) is 6.92 Å². The van der Waals surface area contributed by atoms with E-state index in [4.69, 9.17) is 13.7 Å². The summed E-state index contributed by atoms with van der Waals surface area (Å²) in [7, 11) is -0.507. The molecular weight excluding hydrogens is 396 g/mol. The van der Waals surface area contributed by atoms with Gasteiger partial charge in [-0.3, -0.25) is 0 Å². The lowest BCUT2D eigenvalue weighted by molar-refractivity contribution is 0.153. The van der Waals surface area contributed by atoms with E-state index in [9.17, 15) is 13.2 Å². The number of nitrogens with zero attached hydrogens (tertiary/aromatic N) is 1. The summed E-state index contributed by atoms with van der Waals surface area (Å²) in [4.78, 5) is 14.3. The molecule has 0 bridgehead atoms. The summed E-state index contributed by atoms with van der Waals surface area (Å²) in [6.45, 7) is 2.47. The number of benzene rings is 2. The average Bonchev–Trinajstić information content (AvgIpc) is 2.71. The van der Waals surface area contributed by atoms with Crippen LogP contribution >= 0.6 is 0 Å². The summed E-state index contributed by atoms with van der Waals surface area (Å²) in [6, 6.07) is 13.4. The molecule has 2 rings (SSSR count). The summed E-state index contributed by atoms with van der Waals surface area (Å²) in [5.41, 5.74) is 1.33. The smallest absolute Gasteiger partial charge is 0.322 e. The third-order valence-corrected chi connectivity index (χ3v) is 5.18. The topological polar surface area (TPSA) is 94.2 Å². The van der Waals surface area contributed by atoms with Crippen LogP contribution in [0.4, 0.5) is 10.5 Å². The van der Waals surface area contributed by atoms with Crippen LogP contribution in [0.3, 0.4) is 0 Å². The molecular formula is C20H26N2O6S. The van der Waals surface area contributed by atoms with Gasteiger partial charge in [-0.05, 0) is 36.8 Å². The van der Waals surface area contributed by atoms with Crippen molar-refractivity contribution in [1.29, 1.82) is 0 Å². The largest absolute Gasteiger partial charge is 0.497 e. The molecule has 2 aromatic rings. The van der Waals surface area contributed by atoms with Crippen molar-refractivity contribution in [3.63, 3.8) is 0 Å². The zero-order valence-corrected chi connectivity index (χ0v) is 17.6. The molecule has 158 valence electrons. The minimum atomic E-state index is -3.62. The lowest BCUT2D eigenvalue weighted by atomic mass is 10.2. The van der Waals surface area contributed by atoms with E-state index in [2.05, 4.69) is 5.32 Å². The van der Waals surface area contributed by atoms with Gasteiger partial charge >= 0.3 is 16.1 Å². The SMILES string of the molecule is CCS(=O)(=O)Oc1cccc(CN(CCOC)C(=O)Nc2cccc(OC)c2)c1. The highest BCUT2D eigenvalue weighted by Crippen LogP contribution is 2.19.